The standard InChI is InChI=1S/C114H70N4/c1-4-25-80(26-5-1)115(104-66-61-96-90-34-13-22-75-19-10-31-87(109(75)90)93-37-16-40-99(104)112(93)96)83-53-43-71(44-54-83)72-45-59-86(60-46-72)118-107-64-51-78(73-47-55-84(56-48-73)116(81-27-6-2-7-28-81)105-67-62-97-91-35-14-23-76-20-11-32-88(110(76)91)94-38-17-41-100(105)113(94)97)69-102(107)103-70-79(52-65-108(103)118)74-49-57-85(58-50-74)117(82-29-8-3-9-30-82)106-68-63-98-92-36-15-24-77-21-12-33-89(111(77)92)95-39-18-42-101(106)114(95)98/h1-70H. The quantitative estimate of drug-likeness (QED) is 0.0845. The Bertz CT molecular complexity index is 7840. The highest BCUT2D eigenvalue weighted by Gasteiger charge is 2.26. The molecule has 0 amide bonds. The molecule has 0 aliphatic rings. The van der Waals surface area contributed by atoms with E-state index in [0.29, 0.717) is 0 Å². The van der Waals surface area contributed by atoms with Crippen molar-refractivity contribution >= 4 is 202 Å². The number of aromatic nitrogens is 1. The third kappa shape index (κ3) is 9.97. The molecule has 4 nitrogen and oxygen atoms in total. The van der Waals surface area contributed by atoms with E-state index in [9.17, 15) is 0 Å². The highest BCUT2D eigenvalue weighted by atomic mass is 15.2. The van der Waals surface area contributed by atoms with Gasteiger partial charge in [0.05, 0.1) is 28.1 Å². The number of nitrogens with zero attached hydrogens (tertiary/aromatic N) is 4. The predicted molar refractivity (Wildman–Crippen MR) is 505 cm³/mol. The molecular weight excluding hydrogens is 1430 g/mol. The fourth-order valence-electron chi connectivity index (χ4n) is 20.4. The predicted octanol–water partition coefficient (Wildman–Crippen LogP) is 32.3. The van der Waals surface area contributed by atoms with Gasteiger partial charge >= 0.3 is 0 Å². The van der Waals surface area contributed by atoms with E-state index >= 15 is 0 Å². The van der Waals surface area contributed by atoms with Crippen LogP contribution >= 0.6 is 0 Å². The molecule has 0 aliphatic carbocycles. The van der Waals surface area contributed by atoms with Gasteiger partial charge in [-0.2, -0.15) is 0 Å². The van der Waals surface area contributed by atoms with Gasteiger partial charge in [0, 0.05) is 66.7 Å². The van der Waals surface area contributed by atoms with Crippen LogP contribution in [0.1, 0.15) is 0 Å². The van der Waals surface area contributed by atoms with Crippen molar-refractivity contribution in [3.05, 3.63) is 425 Å². The fraction of sp³-hybridized carbons (Fsp3) is 0. The Morgan fingerprint density at radius 3 is 0.669 bits per heavy atom. The molecule has 0 N–H and O–H groups in total. The minimum Gasteiger partial charge on any atom is -0.310 e. The Balaban J connectivity index is 0.599. The molecular formula is C114H70N4. The van der Waals surface area contributed by atoms with Crippen LogP contribution in [0.25, 0.3) is 190 Å². The molecule has 546 valence electrons. The first-order chi connectivity index (χ1) is 58.5. The summed E-state index contributed by atoms with van der Waals surface area (Å²) in [5.74, 6) is 0. The van der Waals surface area contributed by atoms with Gasteiger partial charge < -0.3 is 19.3 Å². The first-order valence-electron chi connectivity index (χ1n) is 40.9. The van der Waals surface area contributed by atoms with Crippen molar-refractivity contribution in [1.82, 2.24) is 4.57 Å². The third-order valence-corrected chi connectivity index (χ3v) is 25.5. The lowest BCUT2D eigenvalue weighted by atomic mass is 9.89. The zero-order chi connectivity index (χ0) is 77.2. The summed E-state index contributed by atoms with van der Waals surface area (Å²) in [6.07, 6.45) is 0. The minimum absolute atomic E-state index is 1.08. The Morgan fingerprint density at radius 2 is 0.373 bits per heavy atom. The monoisotopic (exact) mass is 1490 g/mol. The molecule has 25 aromatic rings. The van der Waals surface area contributed by atoms with Crippen LogP contribution in [0.2, 0.25) is 0 Å². The Kier molecular flexibility index (Phi) is 14.5. The molecule has 0 atom stereocenters. The van der Waals surface area contributed by atoms with E-state index in [1.807, 2.05) is 0 Å². The average molecular weight is 1500 g/mol. The summed E-state index contributed by atoms with van der Waals surface area (Å²) in [4.78, 5) is 7.29. The van der Waals surface area contributed by atoms with Crippen LogP contribution in [0.3, 0.4) is 0 Å². The molecule has 0 unspecified atom stereocenters. The highest BCUT2D eigenvalue weighted by molar-refractivity contribution is 6.37. The van der Waals surface area contributed by atoms with Crippen LogP contribution < -0.4 is 14.7 Å². The van der Waals surface area contributed by atoms with Crippen LogP contribution in [0.4, 0.5) is 51.2 Å². The van der Waals surface area contributed by atoms with Gasteiger partial charge in [0.1, 0.15) is 0 Å². The summed E-state index contributed by atoms with van der Waals surface area (Å²) in [6, 6.07) is 158. The number of fused-ring (bicyclic) bond motifs is 9. The normalized spacial score (nSPS) is 12.1. The van der Waals surface area contributed by atoms with Crippen molar-refractivity contribution in [2.24, 2.45) is 0 Å². The molecule has 0 saturated carbocycles. The highest BCUT2D eigenvalue weighted by Crippen LogP contribution is 2.52. The Labute approximate surface area is 680 Å². The average Bonchev–Trinajstić information content (AvgIpc) is 0.874. The van der Waals surface area contributed by atoms with E-state index in [1.165, 1.54) is 140 Å². The minimum atomic E-state index is 1.08. The summed E-state index contributed by atoms with van der Waals surface area (Å²) >= 11 is 0. The lowest BCUT2D eigenvalue weighted by Gasteiger charge is -2.28. The SMILES string of the molecule is c1ccc(N(c2ccc(-c3ccc(-n4c5ccc(-c6ccc(N(c7ccccc7)c7ccc8c9cccc%10cccc(c%11cccc7c%118)c%109)cc6)cc5c5cc(-c6ccc(N(c7ccccc7)c7ccc8c9cccc%10cccc(c%11cccc7c%118)c%109)cc6)ccc54)cc3)cc2)c2ccc3c4cccc5cccc(c6cccc2c63)c54)cc1. The molecule has 118 heavy (non-hydrogen) atoms. The molecule has 0 fully saturated rings. The topological polar surface area (TPSA) is 14.7 Å². The second-order valence-electron chi connectivity index (χ2n) is 31.7. The third-order valence-electron chi connectivity index (χ3n) is 25.5. The van der Waals surface area contributed by atoms with Crippen molar-refractivity contribution in [2.45, 2.75) is 0 Å². The van der Waals surface area contributed by atoms with E-state index in [4.69, 9.17) is 0 Å². The molecule has 4 heteroatoms. The summed E-state index contributed by atoms with van der Waals surface area (Å²) < 4.78 is 2.46. The van der Waals surface area contributed by atoms with Crippen molar-refractivity contribution in [3.8, 4) is 39.1 Å². The molecule has 1 heterocycles. The van der Waals surface area contributed by atoms with Gasteiger partial charge in [-0.3, -0.25) is 0 Å². The van der Waals surface area contributed by atoms with E-state index in [2.05, 4.69) is 444 Å². The van der Waals surface area contributed by atoms with Crippen LogP contribution in [-0.2, 0) is 0 Å². The number of benzene rings is 24. The lowest BCUT2D eigenvalue weighted by molar-refractivity contribution is 1.18. The lowest BCUT2D eigenvalue weighted by Crippen LogP contribution is -2.10. The van der Waals surface area contributed by atoms with Crippen LogP contribution in [0, 0.1) is 0 Å². The fourth-order valence-corrected chi connectivity index (χ4v) is 20.4. The molecule has 0 saturated heterocycles. The molecule has 0 bridgehead atoms. The molecule has 0 radical (unpaired) electrons. The summed E-state index contributed by atoms with van der Waals surface area (Å²) in [5, 5.41) is 33.0. The largest absolute Gasteiger partial charge is 0.310 e. The van der Waals surface area contributed by atoms with Gasteiger partial charge in [-0.25, -0.2) is 0 Å². The Morgan fingerprint density at radius 1 is 0.144 bits per heavy atom. The van der Waals surface area contributed by atoms with Crippen molar-refractivity contribution < 1.29 is 0 Å². The summed E-state index contributed by atoms with van der Waals surface area (Å²) in [5.41, 5.74) is 20.2. The van der Waals surface area contributed by atoms with Gasteiger partial charge in [-0.1, -0.05) is 297 Å². The van der Waals surface area contributed by atoms with Gasteiger partial charge in [-0.15, -0.1) is 0 Å². The first kappa shape index (κ1) is 65.9. The van der Waals surface area contributed by atoms with E-state index < -0.39 is 0 Å². The second kappa shape index (κ2) is 26.0. The van der Waals surface area contributed by atoms with Crippen LogP contribution in [0.5, 0.6) is 0 Å². The van der Waals surface area contributed by atoms with Crippen molar-refractivity contribution in [2.75, 3.05) is 14.7 Å². The number of anilines is 9. The smallest absolute Gasteiger partial charge is 0.0541 e. The molecule has 1 aromatic heterocycles. The number of para-hydroxylation sites is 3. The molecule has 25 rings (SSSR count). The summed E-state index contributed by atoms with van der Waals surface area (Å²) in [6.45, 7) is 0. The van der Waals surface area contributed by atoms with Gasteiger partial charge in [0.25, 0.3) is 0 Å². The van der Waals surface area contributed by atoms with Gasteiger partial charge in [0.2, 0.25) is 0 Å². The zero-order valence-electron chi connectivity index (χ0n) is 64.2. The Hall–Kier alpha value is -15.6. The van der Waals surface area contributed by atoms with E-state index in [0.717, 1.165) is 101 Å². The van der Waals surface area contributed by atoms with Crippen LogP contribution in [0.15, 0.2) is 425 Å². The maximum absolute atomic E-state index is 2.46. The van der Waals surface area contributed by atoms with Gasteiger partial charge in [0.15, 0.2) is 0 Å². The van der Waals surface area contributed by atoms with Crippen molar-refractivity contribution in [3.63, 3.8) is 0 Å². The summed E-state index contributed by atoms with van der Waals surface area (Å²) in [7, 11) is 0. The van der Waals surface area contributed by atoms with Crippen LogP contribution in [-0.4, -0.2) is 4.57 Å². The van der Waals surface area contributed by atoms with E-state index in [1.54, 1.807) is 0 Å². The maximum atomic E-state index is 2.46. The number of hydrogen-bond acceptors (Lipinski definition) is 3. The second-order valence-corrected chi connectivity index (χ2v) is 31.7. The number of rotatable bonds is 13. The first-order valence-corrected chi connectivity index (χ1v) is 40.9. The van der Waals surface area contributed by atoms with Gasteiger partial charge in [-0.05, 0) is 274 Å². The molecule has 0 aliphatic heterocycles. The maximum Gasteiger partial charge on any atom is 0.0541 e. The zero-order valence-corrected chi connectivity index (χ0v) is 64.2. The molecule has 0 spiro atoms. The molecule has 24 aromatic carbocycles. The van der Waals surface area contributed by atoms with Crippen molar-refractivity contribution in [1.29, 1.82) is 0 Å². The number of hydrogen-bond donors (Lipinski definition) is 0. The van der Waals surface area contributed by atoms with E-state index in [-0.39, 0.29) is 0 Å².